The summed E-state index contributed by atoms with van der Waals surface area (Å²) in [6, 6.07) is 5.47. The van der Waals surface area contributed by atoms with Crippen molar-refractivity contribution in [2.45, 2.75) is 4.90 Å². The van der Waals surface area contributed by atoms with Gasteiger partial charge in [0, 0.05) is 22.3 Å². The highest BCUT2D eigenvalue weighted by Crippen LogP contribution is 2.27. The molecule has 5 heteroatoms. The molecule has 1 N–H and O–H groups in total. The molecule has 0 saturated heterocycles. The van der Waals surface area contributed by atoms with Crippen LogP contribution >= 0.6 is 15.9 Å². The predicted molar refractivity (Wildman–Crippen MR) is 59.1 cm³/mol. The molecule has 0 bridgehead atoms. The van der Waals surface area contributed by atoms with Gasteiger partial charge in [-0.2, -0.15) is 0 Å². The van der Waals surface area contributed by atoms with Crippen molar-refractivity contribution in [2.24, 2.45) is 0 Å². The van der Waals surface area contributed by atoms with Crippen LogP contribution in [0, 0.1) is 0 Å². The molecular formula is C9H8BrNO2S. The minimum atomic E-state index is -3.15. The number of benzene rings is 1. The number of nitrogens with one attached hydrogen (secondary N) is 1. The molecule has 74 valence electrons. The fraction of sp³-hybridized carbons (Fsp3) is 0.111. The summed E-state index contributed by atoms with van der Waals surface area (Å²) in [5.74, 6) is 0. The number of aromatic amines is 1. The first kappa shape index (κ1) is 9.73. The van der Waals surface area contributed by atoms with Crippen LogP contribution in [0.25, 0.3) is 10.9 Å². The predicted octanol–water partition coefficient (Wildman–Crippen LogP) is 2.33. The molecule has 3 nitrogen and oxygen atoms in total. The second kappa shape index (κ2) is 3.10. The standard InChI is InChI=1S/C9H8BrNO2S/c1-14(12,13)8-5-11-9-6(8)3-2-4-7(9)10/h2-5,11H,1H3. The molecule has 0 aliphatic rings. The number of rotatable bonds is 1. The molecule has 14 heavy (non-hydrogen) atoms. The quantitative estimate of drug-likeness (QED) is 0.867. The third-order valence-corrected chi connectivity index (χ3v) is 3.82. The molecular weight excluding hydrogens is 266 g/mol. The Bertz CT molecular complexity index is 586. The zero-order valence-electron chi connectivity index (χ0n) is 7.41. The zero-order chi connectivity index (χ0) is 10.3. The van der Waals surface area contributed by atoms with Crippen LogP contribution in [0.2, 0.25) is 0 Å². The summed E-state index contributed by atoms with van der Waals surface area (Å²) in [4.78, 5) is 3.28. The van der Waals surface area contributed by atoms with E-state index in [4.69, 9.17) is 0 Å². The van der Waals surface area contributed by atoms with Crippen molar-refractivity contribution in [1.29, 1.82) is 0 Å². The van der Waals surface area contributed by atoms with Gasteiger partial charge >= 0.3 is 0 Å². The molecule has 1 heterocycles. The number of hydrogen-bond acceptors (Lipinski definition) is 2. The largest absolute Gasteiger partial charge is 0.359 e. The Kier molecular flexibility index (Phi) is 2.16. The molecule has 0 atom stereocenters. The molecule has 2 rings (SSSR count). The normalized spacial score (nSPS) is 12.1. The van der Waals surface area contributed by atoms with Gasteiger partial charge in [0.2, 0.25) is 0 Å². The van der Waals surface area contributed by atoms with Crippen molar-refractivity contribution >= 4 is 36.7 Å². The third-order valence-electron chi connectivity index (χ3n) is 2.03. The minimum Gasteiger partial charge on any atom is -0.359 e. The van der Waals surface area contributed by atoms with Gasteiger partial charge in [0.15, 0.2) is 9.84 Å². The Morgan fingerprint density at radius 2 is 2.07 bits per heavy atom. The summed E-state index contributed by atoms with van der Waals surface area (Å²) in [5, 5.41) is 0.724. The Labute approximate surface area is 90.2 Å². The van der Waals surface area contributed by atoms with E-state index < -0.39 is 9.84 Å². The molecule has 0 aliphatic carbocycles. The monoisotopic (exact) mass is 273 g/mol. The Balaban J connectivity index is 2.90. The second-order valence-corrected chi connectivity index (χ2v) is 5.93. The summed E-state index contributed by atoms with van der Waals surface area (Å²) in [5.41, 5.74) is 0.813. The summed E-state index contributed by atoms with van der Waals surface area (Å²) < 4.78 is 23.6. The lowest BCUT2D eigenvalue weighted by Gasteiger charge is -1.95. The van der Waals surface area contributed by atoms with Crippen LogP contribution in [0.15, 0.2) is 33.8 Å². The molecule has 1 aromatic heterocycles. The van der Waals surface area contributed by atoms with Gasteiger partial charge < -0.3 is 4.98 Å². The second-order valence-electron chi connectivity index (χ2n) is 3.09. The van der Waals surface area contributed by atoms with Gasteiger partial charge in [0.1, 0.15) is 0 Å². The van der Waals surface area contributed by atoms with Crippen LogP contribution in [0.1, 0.15) is 0 Å². The number of halogens is 1. The summed E-state index contributed by atoms with van der Waals surface area (Å²) in [6.45, 7) is 0. The van der Waals surface area contributed by atoms with Crippen LogP contribution in [-0.4, -0.2) is 19.7 Å². The Hall–Kier alpha value is -0.810. The lowest BCUT2D eigenvalue weighted by Crippen LogP contribution is -1.94. The first-order valence-electron chi connectivity index (χ1n) is 3.96. The van der Waals surface area contributed by atoms with E-state index in [1.807, 2.05) is 12.1 Å². The number of H-pyrrole nitrogens is 1. The molecule has 0 spiro atoms. The highest BCUT2D eigenvalue weighted by atomic mass is 79.9. The van der Waals surface area contributed by atoms with E-state index >= 15 is 0 Å². The van der Waals surface area contributed by atoms with E-state index in [1.54, 1.807) is 6.07 Å². The maximum Gasteiger partial charge on any atom is 0.177 e. The average Bonchev–Trinajstić information content (AvgIpc) is 2.47. The maximum atomic E-state index is 11.4. The Morgan fingerprint density at radius 3 is 2.71 bits per heavy atom. The van der Waals surface area contributed by atoms with Gasteiger partial charge in [-0.15, -0.1) is 0 Å². The zero-order valence-corrected chi connectivity index (χ0v) is 9.81. The van der Waals surface area contributed by atoms with E-state index in [0.29, 0.717) is 4.90 Å². The Morgan fingerprint density at radius 1 is 1.36 bits per heavy atom. The first-order valence-corrected chi connectivity index (χ1v) is 6.64. The lowest BCUT2D eigenvalue weighted by atomic mass is 10.2. The van der Waals surface area contributed by atoms with Gasteiger partial charge in [0.25, 0.3) is 0 Å². The van der Waals surface area contributed by atoms with E-state index in [1.165, 1.54) is 12.5 Å². The first-order chi connectivity index (χ1) is 6.50. The molecule has 0 unspecified atom stereocenters. The smallest absolute Gasteiger partial charge is 0.177 e. The number of fused-ring (bicyclic) bond motifs is 1. The minimum absolute atomic E-state index is 0.341. The van der Waals surface area contributed by atoms with E-state index in [-0.39, 0.29) is 0 Å². The van der Waals surface area contributed by atoms with Crippen molar-refractivity contribution in [3.8, 4) is 0 Å². The lowest BCUT2D eigenvalue weighted by molar-refractivity contribution is 0.602. The van der Waals surface area contributed by atoms with Gasteiger partial charge in [-0.1, -0.05) is 12.1 Å². The van der Waals surface area contributed by atoms with Crippen molar-refractivity contribution in [3.63, 3.8) is 0 Å². The molecule has 0 radical (unpaired) electrons. The van der Waals surface area contributed by atoms with Gasteiger partial charge in [-0.3, -0.25) is 0 Å². The van der Waals surface area contributed by atoms with Crippen molar-refractivity contribution in [3.05, 3.63) is 28.9 Å². The van der Waals surface area contributed by atoms with E-state index in [2.05, 4.69) is 20.9 Å². The van der Waals surface area contributed by atoms with Crippen LogP contribution in [0.3, 0.4) is 0 Å². The average molecular weight is 274 g/mol. The number of sulfone groups is 1. The van der Waals surface area contributed by atoms with E-state index in [9.17, 15) is 8.42 Å². The highest BCUT2D eigenvalue weighted by Gasteiger charge is 2.14. The fourth-order valence-corrected chi connectivity index (χ4v) is 2.72. The molecule has 2 aromatic rings. The molecule has 1 aromatic carbocycles. The third kappa shape index (κ3) is 1.46. The SMILES string of the molecule is CS(=O)(=O)c1c[nH]c2c(Br)cccc12. The molecule has 0 saturated carbocycles. The molecule has 0 fully saturated rings. The summed E-state index contributed by atoms with van der Waals surface area (Å²) >= 11 is 3.35. The van der Waals surface area contributed by atoms with Crippen molar-refractivity contribution < 1.29 is 8.42 Å². The van der Waals surface area contributed by atoms with Crippen molar-refractivity contribution in [1.82, 2.24) is 4.98 Å². The number of hydrogen-bond donors (Lipinski definition) is 1. The molecule has 0 amide bonds. The summed E-state index contributed by atoms with van der Waals surface area (Å²) in [6.07, 6.45) is 2.72. The van der Waals surface area contributed by atoms with E-state index in [0.717, 1.165) is 15.4 Å². The van der Waals surface area contributed by atoms with Crippen LogP contribution in [-0.2, 0) is 9.84 Å². The van der Waals surface area contributed by atoms with Crippen LogP contribution < -0.4 is 0 Å². The van der Waals surface area contributed by atoms with Crippen LogP contribution in [0.4, 0.5) is 0 Å². The molecule has 0 aliphatic heterocycles. The topological polar surface area (TPSA) is 49.9 Å². The van der Waals surface area contributed by atoms with Crippen LogP contribution in [0.5, 0.6) is 0 Å². The summed E-state index contributed by atoms with van der Waals surface area (Å²) in [7, 11) is -3.15. The number of para-hydroxylation sites is 1. The highest BCUT2D eigenvalue weighted by molar-refractivity contribution is 9.10. The number of aromatic nitrogens is 1. The van der Waals surface area contributed by atoms with Gasteiger partial charge in [-0.05, 0) is 22.0 Å². The van der Waals surface area contributed by atoms with Gasteiger partial charge in [-0.25, -0.2) is 8.42 Å². The van der Waals surface area contributed by atoms with Crippen molar-refractivity contribution in [2.75, 3.05) is 6.26 Å². The van der Waals surface area contributed by atoms with Gasteiger partial charge in [0.05, 0.1) is 10.4 Å². The fourth-order valence-electron chi connectivity index (χ4n) is 1.40. The maximum absolute atomic E-state index is 11.4.